The van der Waals surface area contributed by atoms with Gasteiger partial charge in [-0.3, -0.25) is 0 Å². The highest BCUT2D eigenvalue weighted by Crippen LogP contribution is 2.43. The molecule has 1 aromatic heterocycles. The van der Waals surface area contributed by atoms with Crippen LogP contribution in [0.3, 0.4) is 0 Å². The number of alkyl halides is 5. The van der Waals surface area contributed by atoms with Crippen molar-refractivity contribution < 1.29 is 41.0 Å². The summed E-state index contributed by atoms with van der Waals surface area (Å²) in [6, 6.07) is 0. The number of hydrogen-bond donors (Lipinski definition) is 0. The fourth-order valence-corrected chi connectivity index (χ4v) is 2.74. The molecular formula is C16H18F5NO4S. The second-order valence-electron chi connectivity index (χ2n) is 5.84. The van der Waals surface area contributed by atoms with Crippen LogP contribution in [-0.4, -0.2) is 37.4 Å². The lowest BCUT2D eigenvalue weighted by atomic mass is 9.91. The molecular weight excluding hydrogens is 397 g/mol. The van der Waals surface area contributed by atoms with Crippen molar-refractivity contribution in [1.82, 2.24) is 4.98 Å². The smallest absolute Gasteiger partial charge is 0.434 e. The lowest BCUT2D eigenvalue weighted by Crippen LogP contribution is -2.28. The number of aromatic nitrogens is 1. The highest BCUT2D eigenvalue weighted by molar-refractivity contribution is 7.99. The van der Waals surface area contributed by atoms with Crippen LogP contribution in [0.15, 0.2) is 0 Å². The number of methoxy groups -OCH3 is 2. The molecule has 0 atom stereocenters. The van der Waals surface area contributed by atoms with Gasteiger partial charge < -0.3 is 9.47 Å². The molecule has 1 aromatic rings. The van der Waals surface area contributed by atoms with Gasteiger partial charge in [0.05, 0.1) is 25.3 Å². The summed E-state index contributed by atoms with van der Waals surface area (Å²) in [4.78, 5) is 27.2. The number of nitrogens with zero attached hydrogens (tertiary/aromatic N) is 1. The maximum absolute atomic E-state index is 14.4. The molecule has 0 aliphatic carbocycles. The zero-order valence-corrected chi connectivity index (χ0v) is 16.0. The monoisotopic (exact) mass is 415 g/mol. The van der Waals surface area contributed by atoms with E-state index in [9.17, 15) is 31.5 Å². The zero-order valence-electron chi connectivity index (χ0n) is 15.2. The summed E-state index contributed by atoms with van der Waals surface area (Å²) in [5.74, 6) is -3.13. The molecule has 1 rings (SSSR count). The Morgan fingerprint density at radius 1 is 1.00 bits per heavy atom. The lowest BCUT2D eigenvalue weighted by molar-refractivity contribution is -0.142. The van der Waals surface area contributed by atoms with Gasteiger partial charge >= 0.3 is 23.4 Å². The number of pyridine rings is 1. The standard InChI is InChI=1S/C16H18F5NO4S/c1-7(2)6-8-9(13(23)25-3)11(15(17,18)19)22-12(16(20,21)27-5)10(8)14(24)26-4/h7H,6H2,1-5H3. The Morgan fingerprint density at radius 3 is 1.78 bits per heavy atom. The van der Waals surface area contributed by atoms with E-state index in [1.807, 2.05) is 0 Å². The molecule has 0 aliphatic rings. The van der Waals surface area contributed by atoms with E-state index in [2.05, 4.69) is 14.5 Å². The van der Waals surface area contributed by atoms with E-state index in [-0.39, 0.29) is 24.1 Å². The van der Waals surface area contributed by atoms with Gasteiger partial charge in [0.25, 0.3) is 0 Å². The normalized spacial score (nSPS) is 12.3. The highest BCUT2D eigenvalue weighted by atomic mass is 32.2. The third-order valence-electron chi connectivity index (χ3n) is 3.49. The first-order valence-electron chi connectivity index (χ1n) is 7.55. The van der Waals surface area contributed by atoms with Crippen molar-refractivity contribution in [1.29, 1.82) is 0 Å². The second-order valence-corrected chi connectivity index (χ2v) is 6.76. The molecule has 152 valence electrons. The number of carbonyl (C=O) groups is 2. The van der Waals surface area contributed by atoms with Crippen LogP contribution in [-0.2, 0) is 27.3 Å². The van der Waals surface area contributed by atoms with E-state index < -0.39 is 51.4 Å². The average molecular weight is 415 g/mol. The molecule has 0 aliphatic heterocycles. The van der Waals surface area contributed by atoms with Gasteiger partial charge in [-0.15, -0.1) is 0 Å². The minimum Gasteiger partial charge on any atom is -0.465 e. The van der Waals surface area contributed by atoms with Gasteiger partial charge in [0.2, 0.25) is 0 Å². The third-order valence-corrected chi connectivity index (χ3v) is 4.20. The number of ether oxygens (including phenoxy) is 2. The molecule has 5 nitrogen and oxygen atoms in total. The minimum atomic E-state index is -5.23. The lowest BCUT2D eigenvalue weighted by Gasteiger charge is -2.24. The highest BCUT2D eigenvalue weighted by Gasteiger charge is 2.46. The van der Waals surface area contributed by atoms with Gasteiger partial charge in [0.15, 0.2) is 5.69 Å². The number of rotatable bonds is 6. The molecule has 11 heteroatoms. The molecule has 0 saturated heterocycles. The number of hydrogen-bond acceptors (Lipinski definition) is 6. The van der Waals surface area contributed by atoms with E-state index in [0.717, 1.165) is 20.5 Å². The van der Waals surface area contributed by atoms with Crippen molar-refractivity contribution in [3.05, 3.63) is 28.1 Å². The Morgan fingerprint density at radius 2 is 1.44 bits per heavy atom. The van der Waals surface area contributed by atoms with E-state index in [1.54, 1.807) is 13.8 Å². The molecule has 1 heterocycles. The average Bonchev–Trinajstić information content (AvgIpc) is 2.57. The molecule has 0 radical (unpaired) electrons. The molecule has 0 aromatic carbocycles. The van der Waals surface area contributed by atoms with Crippen molar-refractivity contribution in [3.8, 4) is 0 Å². The van der Waals surface area contributed by atoms with E-state index in [1.165, 1.54) is 0 Å². The van der Waals surface area contributed by atoms with Crippen molar-refractivity contribution >= 4 is 23.7 Å². The summed E-state index contributed by atoms with van der Waals surface area (Å²) >= 11 is -0.0980. The topological polar surface area (TPSA) is 65.5 Å². The van der Waals surface area contributed by atoms with E-state index >= 15 is 0 Å². The fraction of sp³-hybridized carbons (Fsp3) is 0.562. The first-order chi connectivity index (χ1) is 12.3. The third kappa shape index (κ3) is 4.88. The van der Waals surface area contributed by atoms with Gasteiger partial charge in [-0.2, -0.15) is 22.0 Å². The Bertz CT molecular complexity index is 735. The van der Waals surface area contributed by atoms with Gasteiger partial charge in [0, 0.05) is 0 Å². The Kier molecular flexibility index (Phi) is 7.20. The van der Waals surface area contributed by atoms with Crippen molar-refractivity contribution in [2.75, 3.05) is 20.5 Å². The van der Waals surface area contributed by atoms with Crippen molar-refractivity contribution in [2.24, 2.45) is 5.92 Å². The Balaban J connectivity index is 4.19. The van der Waals surface area contributed by atoms with Gasteiger partial charge in [-0.05, 0) is 24.2 Å². The molecule has 0 spiro atoms. The second kappa shape index (κ2) is 8.41. The maximum Gasteiger partial charge on any atom is 0.434 e. The summed E-state index contributed by atoms with van der Waals surface area (Å²) in [5.41, 5.74) is -5.70. The van der Waals surface area contributed by atoms with Gasteiger partial charge in [-0.1, -0.05) is 25.6 Å². The Hall–Kier alpha value is -1.91. The quantitative estimate of drug-likeness (QED) is 0.510. The van der Waals surface area contributed by atoms with Crippen LogP contribution >= 0.6 is 11.8 Å². The van der Waals surface area contributed by atoms with Crippen molar-refractivity contribution in [3.63, 3.8) is 0 Å². The van der Waals surface area contributed by atoms with Crippen molar-refractivity contribution in [2.45, 2.75) is 31.7 Å². The Labute approximate surface area is 156 Å². The minimum absolute atomic E-state index is 0.0980. The predicted molar refractivity (Wildman–Crippen MR) is 87.9 cm³/mol. The summed E-state index contributed by atoms with van der Waals surface area (Å²) in [7, 11) is 1.72. The summed E-state index contributed by atoms with van der Waals surface area (Å²) < 4.78 is 78.1. The van der Waals surface area contributed by atoms with Gasteiger partial charge in [-0.25, -0.2) is 14.6 Å². The molecule has 27 heavy (non-hydrogen) atoms. The van der Waals surface area contributed by atoms with Crippen LogP contribution in [0.4, 0.5) is 22.0 Å². The SMILES string of the molecule is COC(=O)c1c(C(F)(F)F)nc(C(F)(F)SC)c(C(=O)OC)c1CC(C)C. The fourth-order valence-electron chi connectivity index (χ4n) is 2.40. The van der Waals surface area contributed by atoms with Crippen LogP contribution < -0.4 is 0 Å². The van der Waals surface area contributed by atoms with Gasteiger partial charge in [0.1, 0.15) is 5.69 Å². The molecule has 0 saturated carbocycles. The van der Waals surface area contributed by atoms with Crippen LogP contribution in [0, 0.1) is 5.92 Å². The first kappa shape index (κ1) is 23.1. The summed E-state index contributed by atoms with van der Waals surface area (Å²) in [6.45, 7) is 3.17. The van der Waals surface area contributed by atoms with Crippen LogP contribution in [0.25, 0.3) is 0 Å². The predicted octanol–water partition coefficient (Wildman–Crippen LogP) is 4.28. The maximum atomic E-state index is 14.4. The molecule has 0 fully saturated rings. The number of esters is 2. The number of carbonyl (C=O) groups excluding carboxylic acids is 2. The number of halogens is 5. The summed E-state index contributed by atoms with van der Waals surface area (Å²) in [5, 5.41) is -3.93. The molecule has 0 unspecified atom stereocenters. The number of thioether (sulfide) groups is 1. The molecule has 0 bridgehead atoms. The van der Waals surface area contributed by atoms with Crippen LogP contribution in [0.1, 0.15) is 51.5 Å². The van der Waals surface area contributed by atoms with E-state index in [4.69, 9.17) is 0 Å². The zero-order chi connectivity index (χ0) is 21.2. The molecule has 0 amide bonds. The largest absolute Gasteiger partial charge is 0.465 e. The first-order valence-corrected chi connectivity index (χ1v) is 8.78. The van der Waals surface area contributed by atoms with Crippen LogP contribution in [0.5, 0.6) is 0 Å². The summed E-state index contributed by atoms with van der Waals surface area (Å²) in [6.07, 6.45) is -4.56. The van der Waals surface area contributed by atoms with E-state index in [0.29, 0.717) is 0 Å². The molecule has 0 N–H and O–H groups in total. The van der Waals surface area contributed by atoms with Crippen LogP contribution in [0.2, 0.25) is 0 Å².